The number of esters is 1. The van der Waals surface area contributed by atoms with Gasteiger partial charge in [-0.2, -0.15) is 0 Å². The monoisotopic (exact) mass is 286 g/mol. The maximum Gasteiger partial charge on any atom is 0.521 e. The molecule has 5 heteroatoms. The van der Waals surface area contributed by atoms with Crippen LogP contribution in [0.25, 0.3) is 0 Å². The van der Waals surface area contributed by atoms with Gasteiger partial charge in [-0.15, -0.1) is 0 Å². The summed E-state index contributed by atoms with van der Waals surface area (Å²) in [6, 6.07) is 14.9. The first-order valence-corrected chi connectivity index (χ1v) is 6.41. The molecule has 2 aromatic carbocycles. The molecule has 0 N–H and O–H groups in total. The van der Waals surface area contributed by atoms with Crippen LogP contribution in [0.5, 0.6) is 11.5 Å². The second-order valence-electron chi connectivity index (χ2n) is 3.98. The highest BCUT2D eigenvalue weighted by Crippen LogP contribution is 2.19. The van der Waals surface area contributed by atoms with Crippen LogP contribution in [0.3, 0.4) is 0 Å². The molecule has 0 amide bonds. The van der Waals surface area contributed by atoms with Crippen LogP contribution in [0, 0.1) is 0 Å². The van der Waals surface area contributed by atoms with Gasteiger partial charge in [0.15, 0.2) is 0 Å². The number of rotatable bonds is 4. The average molecular weight is 286 g/mol. The Balaban J connectivity index is 2.03. The minimum atomic E-state index is -1.09. The van der Waals surface area contributed by atoms with Crippen LogP contribution in [-0.2, 0) is 4.74 Å². The van der Waals surface area contributed by atoms with Crippen molar-refractivity contribution in [3.8, 4) is 11.5 Å². The number of benzene rings is 2. The number of ether oxygens (including phenoxy) is 3. The molecule has 2 aromatic rings. The standard InChI is InChI=1S/C16H14O5/c1-2-19-14-11-7-6-10-13(14)15(17)21-16(18)20-12-8-4-3-5-9-12/h3-11H,2H2,1H3. The Kier molecular flexibility index (Phi) is 4.93. The molecule has 0 atom stereocenters. The number of hydrogen-bond donors (Lipinski definition) is 0. The highest BCUT2D eigenvalue weighted by atomic mass is 16.7. The van der Waals surface area contributed by atoms with E-state index >= 15 is 0 Å². The predicted molar refractivity (Wildman–Crippen MR) is 75.5 cm³/mol. The molecule has 21 heavy (non-hydrogen) atoms. The van der Waals surface area contributed by atoms with Gasteiger partial charge in [-0.25, -0.2) is 9.59 Å². The average Bonchev–Trinajstić information content (AvgIpc) is 2.49. The molecule has 0 saturated carbocycles. The van der Waals surface area contributed by atoms with E-state index in [1.807, 2.05) is 0 Å². The first kappa shape index (κ1) is 14.6. The lowest BCUT2D eigenvalue weighted by molar-refractivity contribution is 0.0526. The Labute approximate surface area is 122 Å². The maximum absolute atomic E-state index is 11.9. The van der Waals surface area contributed by atoms with E-state index < -0.39 is 12.1 Å². The lowest BCUT2D eigenvalue weighted by atomic mass is 10.2. The third kappa shape index (κ3) is 4.07. The molecule has 0 heterocycles. The summed E-state index contributed by atoms with van der Waals surface area (Å²) in [5, 5.41) is 0. The zero-order chi connectivity index (χ0) is 15.1. The molecule has 0 saturated heterocycles. The van der Waals surface area contributed by atoms with Crippen LogP contribution in [-0.4, -0.2) is 18.7 Å². The summed E-state index contributed by atoms with van der Waals surface area (Å²) in [4.78, 5) is 23.5. The van der Waals surface area contributed by atoms with E-state index in [4.69, 9.17) is 9.47 Å². The molecule has 0 aliphatic rings. The summed E-state index contributed by atoms with van der Waals surface area (Å²) in [6.45, 7) is 2.20. The van der Waals surface area contributed by atoms with E-state index in [1.54, 1.807) is 55.5 Å². The molecule has 0 unspecified atom stereocenters. The predicted octanol–water partition coefficient (Wildman–Crippen LogP) is 3.44. The topological polar surface area (TPSA) is 61.8 Å². The molecule has 0 aromatic heterocycles. The van der Waals surface area contributed by atoms with Crippen molar-refractivity contribution in [1.82, 2.24) is 0 Å². The van der Waals surface area contributed by atoms with Gasteiger partial charge < -0.3 is 14.2 Å². The van der Waals surface area contributed by atoms with Gasteiger partial charge in [0.1, 0.15) is 17.1 Å². The largest absolute Gasteiger partial charge is 0.521 e. The van der Waals surface area contributed by atoms with Gasteiger partial charge in [0.2, 0.25) is 0 Å². The fourth-order valence-electron chi connectivity index (χ4n) is 1.65. The van der Waals surface area contributed by atoms with E-state index in [0.29, 0.717) is 18.1 Å². The zero-order valence-corrected chi connectivity index (χ0v) is 11.4. The van der Waals surface area contributed by atoms with Gasteiger partial charge in [-0.05, 0) is 31.2 Å². The first-order valence-electron chi connectivity index (χ1n) is 6.41. The van der Waals surface area contributed by atoms with E-state index in [2.05, 4.69) is 4.74 Å². The van der Waals surface area contributed by atoms with Crippen LogP contribution in [0.2, 0.25) is 0 Å². The third-order valence-corrected chi connectivity index (χ3v) is 2.53. The van der Waals surface area contributed by atoms with Crippen LogP contribution in [0.4, 0.5) is 4.79 Å². The number of carbonyl (C=O) groups excluding carboxylic acids is 2. The minimum absolute atomic E-state index is 0.171. The maximum atomic E-state index is 11.9. The molecule has 0 radical (unpaired) electrons. The first-order chi connectivity index (χ1) is 10.2. The molecular formula is C16H14O5. The molecule has 0 fully saturated rings. The van der Waals surface area contributed by atoms with Gasteiger partial charge in [0.25, 0.3) is 0 Å². The van der Waals surface area contributed by atoms with Gasteiger partial charge >= 0.3 is 12.1 Å². The van der Waals surface area contributed by atoms with Crippen molar-refractivity contribution in [2.75, 3.05) is 6.61 Å². The lowest BCUT2D eigenvalue weighted by Gasteiger charge is -2.08. The highest BCUT2D eigenvalue weighted by molar-refractivity contribution is 5.97. The van der Waals surface area contributed by atoms with E-state index in [-0.39, 0.29) is 5.56 Å². The second-order valence-corrected chi connectivity index (χ2v) is 3.98. The Bertz CT molecular complexity index is 622. The van der Waals surface area contributed by atoms with Crippen LogP contribution in [0.1, 0.15) is 17.3 Å². The highest BCUT2D eigenvalue weighted by Gasteiger charge is 2.18. The molecular weight excluding hydrogens is 272 g/mol. The quantitative estimate of drug-likeness (QED) is 0.489. The molecule has 0 spiro atoms. The Morgan fingerprint density at radius 2 is 1.62 bits per heavy atom. The summed E-state index contributed by atoms with van der Waals surface area (Å²) in [6.07, 6.45) is -1.09. The van der Waals surface area contributed by atoms with Gasteiger partial charge in [-0.3, -0.25) is 0 Å². The summed E-state index contributed by atoms with van der Waals surface area (Å²) < 4.78 is 14.8. The Hall–Kier alpha value is -2.82. The third-order valence-electron chi connectivity index (χ3n) is 2.53. The van der Waals surface area contributed by atoms with Crippen molar-refractivity contribution in [3.05, 3.63) is 60.2 Å². The van der Waals surface area contributed by atoms with E-state index in [9.17, 15) is 9.59 Å². The lowest BCUT2D eigenvalue weighted by Crippen LogP contribution is -2.17. The van der Waals surface area contributed by atoms with E-state index in [1.165, 1.54) is 6.07 Å². The molecule has 108 valence electrons. The summed E-state index contributed by atoms with van der Waals surface area (Å²) >= 11 is 0. The van der Waals surface area contributed by atoms with Crippen molar-refractivity contribution in [2.24, 2.45) is 0 Å². The Morgan fingerprint density at radius 3 is 2.33 bits per heavy atom. The molecule has 5 nitrogen and oxygen atoms in total. The van der Waals surface area contributed by atoms with Crippen LogP contribution < -0.4 is 9.47 Å². The van der Waals surface area contributed by atoms with Crippen LogP contribution >= 0.6 is 0 Å². The summed E-state index contributed by atoms with van der Waals surface area (Å²) in [5.41, 5.74) is 0.171. The molecule has 0 aliphatic heterocycles. The molecule has 0 bridgehead atoms. The number of hydrogen-bond acceptors (Lipinski definition) is 5. The van der Waals surface area contributed by atoms with Crippen molar-refractivity contribution in [2.45, 2.75) is 6.92 Å². The fourth-order valence-corrected chi connectivity index (χ4v) is 1.65. The molecule has 2 rings (SSSR count). The van der Waals surface area contributed by atoms with Crippen molar-refractivity contribution in [3.63, 3.8) is 0 Å². The van der Waals surface area contributed by atoms with E-state index in [0.717, 1.165) is 0 Å². The normalized spacial score (nSPS) is 9.76. The Morgan fingerprint density at radius 1 is 0.952 bits per heavy atom. The zero-order valence-electron chi connectivity index (χ0n) is 11.4. The fraction of sp³-hybridized carbons (Fsp3) is 0.125. The summed E-state index contributed by atoms with van der Waals surface area (Å²) in [7, 11) is 0. The summed E-state index contributed by atoms with van der Waals surface area (Å²) in [5.74, 6) is -0.161. The SMILES string of the molecule is CCOc1ccccc1C(=O)OC(=O)Oc1ccccc1. The van der Waals surface area contributed by atoms with Crippen molar-refractivity contribution >= 4 is 12.1 Å². The number of carbonyl (C=O) groups is 2. The number of para-hydroxylation sites is 2. The smallest absolute Gasteiger partial charge is 0.493 e. The molecule has 0 aliphatic carbocycles. The van der Waals surface area contributed by atoms with Gasteiger partial charge in [-0.1, -0.05) is 30.3 Å². The second kappa shape index (κ2) is 7.09. The van der Waals surface area contributed by atoms with Crippen LogP contribution in [0.15, 0.2) is 54.6 Å². The van der Waals surface area contributed by atoms with Gasteiger partial charge in [0.05, 0.1) is 6.61 Å². The van der Waals surface area contributed by atoms with Crippen molar-refractivity contribution in [1.29, 1.82) is 0 Å². The van der Waals surface area contributed by atoms with Crippen molar-refractivity contribution < 1.29 is 23.8 Å². The van der Waals surface area contributed by atoms with Gasteiger partial charge in [0, 0.05) is 0 Å². The minimum Gasteiger partial charge on any atom is -0.493 e.